The second-order valence-electron chi connectivity index (χ2n) is 9.78. The molecular weight excluding hydrogens is 498 g/mol. The lowest BCUT2D eigenvalue weighted by Gasteiger charge is -2.32. The zero-order valence-electron chi connectivity index (χ0n) is 21.2. The average Bonchev–Trinajstić information content (AvgIpc) is 3.49. The minimum Gasteiger partial charge on any atom is -0.494 e. The quantitative estimate of drug-likeness (QED) is 0.325. The number of fused-ring (bicyclic) bond motifs is 2. The monoisotopic (exact) mass is 527 g/mol. The zero-order valence-corrected chi connectivity index (χ0v) is 22.0. The first kappa shape index (κ1) is 24.7. The van der Waals surface area contributed by atoms with Gasteiger partial charge in [-0.15, -0.1) is 0 Å². The molecule has 1 aromatic heterocycles. The highest BCUT2D eigenvalue weighted by Crippen LogP contribution is 2.40. The lowest BCUT2D eigenvalue weighted by Crippen LogP contribution is -2.40. The molecule has 3 heterocycles. The number of ether oxygens (including phenoxy) is 1. The van der Waals surface area contributed by atoms with Gasteiger partial charge in [0.2, 0.25) is 0 Å². The van der Waals surface area contributed by atoms with Crippen LogP contribution in [0.5, 0.6) is 5.88 Å². The molecule has 2 aliphatic rings. The number of hydrogen-bond acceptors (Lipinski definition) is 6. The molecule has 194 valence electrons. The fourth-order valence-electron chi connectivity index (χ4n) is 5.31. The molecule has 6 rings (SSSR count). The Morgan fingerprint density at radius 2 is 1.84 bits per heavy atom. The number of methoxy groups -OCH3 is 1. The molecule has 0 aliphatic carbocycles. The first-order valence-electron chi connectivity index (χ1n) is 12.9. The van der Waals surface area contributed by atoms with Crippen molar-refractivity contribution in [3.8, 4) is 5.88 Å². The van der Waals surface area contributed by atoms with Gasteiger partial charge in [-0.3, -0.25) is 0 Å². The van der Waals surface area contributed by atoms with E-state index >= 15 is 0 Å². The Morgan fingerprint density at radius 3 is 2.63 bits per heavy atom. The van der Waals surface area contributed by atoms with Crippen molar-refractivity contribution >= 4 is 33.8 Å². The molecule has 3 aromatic carbocycles. The van der Waals surface area contributed by atoms with Gasteiger partial charge in [-0.2, -0.15) is 0 Å². The number of benzene rings is 3. The number of hydrogen-bond donors (Lipinski definition) is 3. The van der Waals surface area contributed by atoms with Gasteiger partial charge in [-0.25, -0.2) is 9.98 Å². The number of likely N-dealkylation sites (tertiary alicyclic amines) is 1. The van der Waals surface area contributed by atoms with Crippen molar-refractivity contribution in [3.05, 3.63) is 99.4 Å². The maximum atomic E-state index is 11.2. The fourth-order valence-corrected chi connectivity index (χ4v) is 5.48. The van der Waals surface area contributed by atoms with E-state index in [9.17, 15) is 5.11 Å². The van der Waals surface area contributed by atoms with E-state index in [-0.39, 0.29) is 5.88 Å². The van der Waals surface area contributed by atoms with Crippen LogP contribution in [0.15, 0.2) is 82.5 Å². The van der Waals surface area contributed by atoms with Gasteiger partial charge in [-0.1, -0.05) is 41.9 Å². The van der Waals surface area contributed by atoms with E-state index in [0.29, 0.717) is 22.4 Å². The van der Waals surface area contributed by atoms with Crippen LogP contribution in [0.4, 0.5) is 5.69 Å². The van der Waals surface area contributed by atoms with E-state index in [1.54, 1.807) is 7.11 Å². The Kier molecular flexibility index (Phi) is 6.89. The van der Waals surface area contributed by atoms with Gasteiger partial charge >= 0.3 is 0 Å². The van der Waals surface area contributed by atoms with Crippen molar-refractivity contribution in [1.82, 2.24) is 9.88 Å². The van der Waals surface area contributed by atoms with Gasteiger partial charge in [-0.05, 0) is 54.8 Å². The number of anilines is 1. The Balaban J connectivity index is 1.39. The summed E-state index contributed by atoms with van der Waals surface area (Å²) in [5.74, 6) is 0.640. The van der Waals surface area contributed by atoms with E-state index < -0.39 is 0 Å². The molecule has 0 atom stereocenters. The highest BCUT2D eigenvalue weighted by atomic mass is 35.5. The highest BCUT2D eigenvalue weighted by molar-refractivity contribution is 6.30. The number of aromatic hydroxyl groups is 1. The summed E-state index contributed by atoms with van der Waals surface area (Å²) in [7, 11) is 1.75. The molecule has 0 amide bonds. The van der Waals surface area contributed by atoms with E-state index in [4.69, 9.17) is 26.3 Å². The Morgan fingerprint density at radius 1 is 1.05 bits per heavy atom. The minimum atomic E-state index is 0.0920. The first-order chi connectivity index (χ1) is 18.6. The Bertz CT molecular complexity index is 1620. The number of nitrogens with zero attached hydrogens (tertiary/aromatic N) is 3. The average molecular weight is 528 g/mol. The van der Waals surface area contributed by atoms with Gasteiger partial charge in [0.05, 0.1) is 22.9 Å². The Hall–Kier alpha value is -3.65. The summed E-state index contributed by atoms with van der Waals surface area (Å²) in [6.07, 6.45) is 2.15. The molecule has 8 heteroatoms. The number of aromatic amines is 1. The number of piperidine rings is 1. The van der Waals surface area contributed by atoms with Gasteiger partial charge in [0, 0.05) is 60.0 Å². The van der Waals surface area contributed by atoms with E-state index in [1.165, 1.54) is 0 Å². The predicted octanol–water partition coefficient (Wildman–Crippen LogP) is 4.72. The molecule has 0 radical (unpaired) electrons. The summed E-state index contributed by atoms with van der Waals surface area (Å²) in [6.45, 7) is 3.85. The first-order valence-corrected chi connectivity index (χ1v) is 13.3. The SMILES string of the molecule is COCCN1CCC(Nc2ccc3[nH]c(O)c(C(=C4N=c5ccc(Cl)cc5=N4)c4ccccc4)c3c2)CC1. The molecule has 4 aromatic rings. The summed E-state index contributed by atoms with van der Waals surface area (Å²) >= 11 is 6.22. The van der Waals surface area contributed by atoms with Crippen molar-refractivity contribution in [2.75, 3.05) is 38.7 Å². The summed E-state index contributed by atoms with van der Waals surface area (Å²) < 4.78 is 5.23. The van der Waals surface area contributed by atoms with Crippen LogP contribution in [0.1, 0.15) is 24.0 Å². The van der Waals surface area contributed by atoms with Crippen LogP contribution in [-0.2, 0) is 4.74 Å². The van der Waals surface area contributed by atoms with Crippen molar-refractivity contribution in [1.29, 1.82) is 0 Å². The fraction of sp³-hybridized carbons (Fsp3) is 0.267. The van der Waals surface area contributed by atoms with Crippen molar-refractivity contribution in [2.24, 2.45) is 9.98 Å². The number of nitrogens with one attached hydrogen (secondary N) is 2. The van der Waals surface area contributed by atoms with Crippen molar-refractivity contribution in [3.63, 3.8) is 0 Å². The largest absolute Gasteiger partial charge is 0.494 e. The molecule has 1 saturated heterocycles. The molecule has 2 aliphatic heterocycles. The van der Waals surface area contributed by atoms with Crippen LogP contribution < -0.4 is 16.0 Å². The van der Waals surface area contributed by atoms with Gasteiger partial charge in [0.15, 0.2) is 11.7 Å². The number of aromatic nitrogens is 1. The molecule has 38 heavy (non-hydrogen) atoms. The predicted molar refractivity (Wildman–Crippen MR) is 151 cm³/mol. The second-order valence-corrected chi connectivity index (χ2v) is 10.2. The third kappa shape index (κ3) is 4.92. The lowest BCUT2D eigenvalue weighted by atomic mass is 9.96. The normalized spacial score (nSPS) is 17.2. The molecule has 0 spiro atoms. The minimum absolute atomic E-state index is 0.0920. The molecule has 0 unspecified atom stereocenters. The number of halogens is 1. The van der Waals surface area contributed by atoms with E-state index in [1.807, 2.05) is 54.6 Å². The summed E-state index contributed by atoms with van der Waals surface area (Å²) in [4.78, 5) is 15.2. The van der Waals surface area contributed by atoms with Gasteiger partial charge in [0.1, 0.15) is 0 Å². The lowest BCUT2D eigenvalue weighted by molar-refractivity contribution is 0.132. The number of H-pyrrole nitrogens is 1. The van der Waals surface area contributed by atoms with Crippen molar-refractivity contribution in [2.45, 2.75) is 18.9 Å². The molecular formula is C30H30ClN5O2. The zero-order chi connectivity index (χ0) is 26.1. The standard InChI is InChI=1S/C30H30ClN5O2/c1-38-16-15-36-13-11-21(12-14-36)32-22-8-10-24-23(18-22)28(30(37)35-24)27(19-5-3-2-4-6-19)29-33-25-9-7-20(31)17-26(25)34-29/h2-10,17-18,21,32,35,37H,11-16H2,1H3. The van der Waals surface area contributed by atoms with Crippen LogP contribution in [0.25, 0.3) is 16.5 Å². The smallest absolute Gasteiger partial charge is 0.197 e. The molecule has 0 saturated carbocycles. The topological polar surface area (TPSA) is 85.2 Å². The second kappa shape index (κ2) is 10.6. The van der Waals surface area contributed by atoms with Crippen LogP contribution in [-0.4, -0.2) is 54.4 Å². The maximum Gasteiger partial charge on any atom is 0.197 e. The van der Waals surface area contributed by atoms with Crippen LogP contribution in [0.3, 0.4) is 0 Å². The van der Waals surface area contributed by atoms with E-state index in [2.05, 4.69) is 27.3 Å². The molecule has 0 bridgehead atoms. The van der Waals surface area contributed by atoms with Crippen LogP contribution in [0, 0.1) is 0 Å². The molecule has 3 N–H and O–H groups in total. The summed E-state index contributed by atoms with van der Waals surface area (Å²) in [6, 6.07) is 22.0. The highest BCUT2D eigenvalue weighted by Gasteiger charge is 2.23. The third-order valence-electron chi connectivity index (χ3n) is 7.28. The third-order valence-corrected chi connectivity index (χ3v) is 7.51. The number of rotatable bonds is 7. The van der Waals surface area contributed by atoms with Crippen molar-refractivity contribution < 1.29 is 9.84 Å². The summed E-state index contributed by atoms with van der Waals surface area (Å²) in [5, 5.41) is 17.9. The maximum absolute atomic E-state index is 11.2. The summed E-state index contributed by atoms with van der Waals surface area (Å²) in [5.41, 5.74) is 4.26. The van der Waals surface area contributed by atoms with Gasteiger partial charge < -0.3 is 25.0 Å². The van der Waals surface area contributed by atoms with Crippen LogP contribution in [0.2, 0.25) is 5.02 Å². The molecule has 1 fully saturated rings. The van der Waals surface area contributed by atoms with E-state index in [0.717, 1.165) is 77.5 Å². The molecule has 7 nitrogen and oxygen atoms in total. The Labute approximate surface area is 226 Å². The van der Waals surface area contributed by atoms with Crippen LogP contribution >= 0.6 is 11.6 Å². The van der Waals surface area contributed by atoms with Gasteiger partial charge in [0.25, 0.3) is 0 Å².